The Morgan fingerprint density at radius 1 is 0.595 bits per heavy atom. The number of aromatic nitrogens is 2. The van der Waals surface area contributed by atoms with Crippen molar-refractivity contribution in [2.45, 2.75) is 104 Å². The monoisotopic (exact) mass is 993 g/mol. The van der Waals surface area contributed by atoms with E-state index in [4.69, 9.17) is 18.5 Å². The lowest BCUT2D eigenvalue weighted by molar-refractivity contribution is -0.148. The van der Waals surface area contributed by atoms with Gasteiger partial charge in [-0.05, 0) is 91.0 Å². The zero-order valence-corrected chi connectivity index (χ0v) is 41.6. The van der Waals surface area contributed by atoms with Gasteiger partial charge in [0.05, 0.1) is 35.6 Å². The number of esters is 2. The van der Waals surface area contributed by atoms with Crippen LogP contribution in [0.3, 0.4) is 0 Å². The Morgan fingerprint density at radius 3 is 1.57 bits per heavy atom. The molecule has 380 valence electrons. The molecule has 2 aliphatic rings. The Balaban J connectivity index is 0.000000207. The van der Waals surface area contributed by atoms with E-state index >= 15 is 0 Å². The number of hydrogen-bond donors (Lipinski definition) is 2. The number of carbonyl (C=O) groups excluding carboxylic acids is 2. The molecule has 6 aromatic carbocycles. The first-order valence-corrected chi connectivity index (χ1v) is 24.6. The number of aryl methyl sites for hydroxylation is 2. The lowest BCUT2D eigenvalue weighted by Crippen LogP contribution is -2.19. The van der Waals surface area contributed by atoms with Crippen LogP contribution in [0.25, 0.3) is 44.9 Å². The highest BCUT2D eigenvalue weighted by molar-refractivity contribution is 5.86. The van der Waals surface area contributed by atoms with Gasteiger partial charge in [0, 0.05) is 22.3 Å². The van der Waals surface area contributed by atoms with E-state index in [2.05, 4.69) is 10.3 Å². The highest BCUT2D eigenvalue weighted by atomic mass is 16.5. The minimum absolute atomic E-state index is 0. The minimum atomic E-state index is -0.754. The maximum Gasteiger partial charge on any atom is 0.314 e. The fourth-order valence-corrected chi connectivity index (χ4v) is 8.89. The first-order valence-electron chi connectivity index (χ1n) is 24.6. The van der Waals surface area contributed by atoms with Gasteiger partial charge in [0.25, 0.3) is 0 Å². The van der Waals surface area contributed by atoms with Gasteiger partial charge in [0.15, 0.2) is 11.5 Å². The van der Waals surface area contributed by atoms with Crippen molar-refractivity contribution < 1.29 is 47.9 Å². The second-order valence-electron chi connectivity index (χ2n) is 18.4. The van der Waals surface area contributed by atoms with Crippen molar-refractivity contribution in [3.8, 4) is 44.9 Å². The van der Waals surface area contributed by atoms with Gasteiger partial charge in [-0.2, -0.15) is 0 Å². The van der Waals surface area contributed by atoms with Crippen LogP contribution in [0.2, 0.25) is 0 Å². The van der Waals surface area contributed by atoms with Crippen LogP contribution in [-0.4, -0.2) is 44.4 Å². The second kappa shape index (κ2) is 23.4. The average molecular weight is 994 g/mol. The average Bonchev–Trinajstić information content (AvgIpc) is 4.34. The van der Waals surface area contributed by atoms with E-state index in [9.17, 15) is 29.4 Å². The first-order chi connectivity index (χ1) is 35.3. The van der Waals surface area contributed by atoms with Crippen molar-refractivity contribution in [1.29, 1.82) is 0 Å². The molecule has 0 spiro atoms. The largest absolute Gasteiger partial charge is 0.481 e. The smallest absolute Gasteiger partial charge is 0.314 e. The van der Waals surface area contributed by atoms with Crippen LogP contribution in [0.1, 0.15) is 105 Å². The van der Waals surface area contributed by atoms with Crippen LogP contribution in [0.15, 0.2) is 167 Å². The molecule has 74 heavy (non-hydrogen) atoms. The van der Waals surface area contributed by atoms with Gasteiger partial charge in [-0.3, -0.25) is 19.2 Å². The SMILES string of the molecule is C.CC.Cc1cccc(COC(=O)Cc2cnoc2-c2ccc(-c3ccc(C4(C(=O)O)CC4)cc3)cc2)c1.Cc1noc(-c2ccc(-c3ccc(C4(C(=O)O)CC4)cc3)cc2)c1C[11C](=O)O[C@H](C)c1ccccc1. The van der Waals surface area contributed by atoms with Crippen LogP contribution < -0.4 is 0 Å². The number of rotatable bonds is 16. The molecule has 0 aliphatic heterocycles. The highest BCUT2D eigenvalue weighted by Crippen LogP contribution is 2.49. The third-order valence-electron chi connectivity index (χ3n) is 13.5. The number of aliphatic carboxylic acids is 2. The molecule has 2 heterocycles. The third-order valence-corrected chi connectivity index (χ3v) is 13.5. The number of carboxylic acids is 2. The van der Waals surface area contributed by atoms with E-state index in [1.54, 1.807) is 6.20 Å². The summed E-state index contributed by atoms with van der Waals surface area (Å²) >= 11 is 0. The zero-order valence-electron chi connectivity index (χ0n) is 41.6. The molecule has 12 heteroatoms. The number of hydrogen-bond acceptors (Lipinski definition) is 10. The lowest BCUT2D eigenvalue weighted by atomic mass is 9.90. The van der Waals surface area contributed by atoms with Gasteiger partial charge in [0.2, 0.25) is 0 Å². The van der Waals surface area contributed by atoms with Crippen LogP contribution in [0, 0.1) is 13.8 Å². The van der Waals surface area contributed by atoms with Crippen molar-refractivity contribution in [3.05, 3.63) is 202 Å². The fraction of sp³-hybridized carbons (Fsp3) is 0.258. The van der Waals surface area contributed by atoms with Gasteiger partial charge in [-0.15, -0.1) is 0 Å². The van der Waals surface area contributed by atoms with Crippen molar-refractivity contribution >= 4 is 23.9 Å². The molecule has 0 amide bonds. The Morgan fingerprint density at radius 2 is 1.08 bits per heavy atom. The van der Waals surface area contributed by atoms with Crippen LogP contribution in [0.4, 0.5) is 0 Å². The van der Waals surface area contributed by atoms with E-state index in [0.717, 1.165) is 61.2 Å². The van der Waals surface area contributed by atoms with E-state index in [0.29, 0.717) is 54.0 Å². The van der Waals surface area contributed by atoms with E-state index < -0.39 is 22.8 Å². The van der Waals surface area contributed by atoms with Crippen molar-refractivity contribution in [3.63, 3.8) is 0 Å². The summed E-state index contributed by atoms with van der Waals surface area (Å²) in [5.74, 6) is -1.10. The van der Waals surface area contributed by atoms with Gasteiger partial charge < -0.3 is 28.7 Å². The summed E-state index contributed by atoms with van der Waals surface area (Å²) in [4.78, 5) is 48.2. The third kappa shape index (κ3) is 12.1. The number of nitrogens with zero attached hydrogens (tertiary/aromatic N) is 2. The standard InChI is InChI=1S/C30H27NO5.C29H25NO5.C2H6.CH4/c1-19-26(18-27(32)35-20(2)21-6-4-3-5-7-21)28(36-31-19)24-10-8-22(9-11-24)23-12-14-25(15-13-23)30(16-17-30)29(33)34;1-19-3-2-4-20(15-19)18-34-26(31)16-24-17-30-35-27(24)23-7-5-21(6-8-23)22-9-11-25(12-10-22)29(13-14-29)28(32)33;1-2;/h3-15,20H,16-18H2,1-2H3,(H,33,34);2-12,15,17H,13-14,16,18H2,1H3,(H,32,33);1-2H3;1H4/t20-;;;/m1.../s1/i27-1;;;. The zero-order chi connectivity index (χ0) is 51.7. The molecule has 0 unspecified atom stereocenters. The minimum Gasteiger partial charge on any atom is -0.481 e. The maximum absolute atomic E-state index is 12.7. The molecule has 2 saturated carbocycles. The summed E-state index contributed by atoms with van der Waals surface area (Å²) in [6, 6.07) is 48.5. The van der Waals surface area contributed by atoms with Gasteiger partial charge in [-0.25, -0.2) is 0 Å². The number of carboxylic acid groups (broad SMARTS) is 2. The maximum atomic E-state index is 12.7. The van der Waals surface area contributed by atoms with Crippen molar-refractivity contribution in [2.24, 2.45) is 0 Å². The quantitative estimate of drug-likeness (QED) is 0.0876. The summed E-state index contributed by atoms with van der Waals surface area (Å²) in [7, 11) is 0. The molecular formula is C62H62N2O10. The van der Waals surface area contributed by atoms with E-state index in [1.807, 2.05) is 186 Å². The molecule has 1 atom stereocenters. The molecule has 2 aromatic heterocycles. The van der Waals surface area contributed by atoms with E-state index in [-0.39, 0.29) is 44.9 Å². The van der Waals surface area contributed by atoms with Crippen molar-refractivity contribution in [2.75, 3.05) is 0 Å². The molecule has 2 fully saturated rings. The molecule has 2 aliphatic carbocycles. The molecule has 2 N–H and O–H groups in total. The fourth-order valence-electron chi connectivity index (χ4n) is 8.89. The molecule has 0 bridgehead atoms. The van der Waals surface area contributed by atoms with Gasteiger partial charge >= 0.3 is 23.9 Å². The van der Waals surface area contributed by atoms with Gasteiger partial charge in [0.1, 0.15) is 12.7 Å². The molecule has 0 saturated heterocycles. The Labute approximate surface area is 432 Å². The predicted octanol–water partition coefficient (Wildman–Crippen LogP) is 13.7. The Hall–Kier alpha value is -8.38. The summed E-state index contributed by atoms with van der Waals surface area (Å²) < 4.78 is 22.1. The second-order valence-corrected chi connectivity index (χ2v) is 18.4. The van der Waals surface area contributed by atoms with Crippen LogP contribution >= 0.6 is 0 Å². The van der Waals surface area contributed by atoms with Crippen LogP contribution in [-0.2, 0) is 58.9 Å². The topological polar surface area (TPSA) is 179 Å². The summed E-state index contributed by atoms with van der Waals surface area (Å²) in [5.41, 5.74) is 11.0. The number of ether oxygens (including phenoxy) is 2. The Kier molecular flexibility index (Phi) is 16.9. The molecule has 10 rings (SSSR count). The molecular weight excluding hydrogens is 932 g/mol. The van der Waals surface area contributed by atoms with Crippen LogP contribution in [0.5, 0.6) is 0 Å². The molecule has 8 aromatic rings. The summed E-state index contributed by atoms with van der Waals surface area (Å²) in [6.45, 7) is 9.89. The molecule has 0 radical (unpaired) electrons. The lowest BCUT2D eigenvalue weighted by Gasteiger charge is -2.13. The van der Waals surface area contributed by atoms with E-state index in [1.165, 1.54) is 0 Å². The number of carbonyl (C=O) groups is 4. The first kappa shape index (κ1) is 53.4. The van der Waals surface area contributed by atoms with Crippen molar-refractivity contribution in [1.82, 2.24) is 10.3 Å². The normalized spacial score (nSPS) is 13.8. The molecule has 12 nitrogen and oxygen atoms in total. The number of benzene rings is 6. The predicted molar refractivity (Wildman–Crippen MR) is 284 cm³/mol. The summed E-state index contributed by atoms with van der Waals surface area (Å²) in [5, 5.41) is 27.0. The van der Waals surface area contributed by atoms with Gasteiger partial charge in [-0.1, -0.05) is 189 Å². The Bertz CT molecular complexity index is 3180. The summed E-state index contributed by atoms with van der Waals surface area (Å²) in [6.07, 6.45) is 4.09. The highest BCUT2D eigenvalue weighted by Gasteiger charge is 2.52.